The van der Waals surface area contributed by atoms with Crippen LogP contribution in [0.4, 0.5) is 10.3 Å². The molecule has 0 aliphatic rings. The Balaban J connectivity index is 1.69. The van der Waals surface area contributed by atoms with Gasteiger partial charge in [-0.25, -0.2) is 19.9 Å². The molecule has 0 fully saturated rings. The van der Waals surface area contributed by atoms with Gasteiger partial charge in [0.2, 0.25) is 11.8 Å². The lowest BCUT2D eigenvalue weighted by molar-refractivity contribution is 0.367. The average molecular weight is 318 g/mol. The van der Waals surface area contributed by atoms with Crippen LogP contribution in [0.5, 0.6) is 5.88 Å². The third-order valence-corrected chi connectivity index (χ3v) is 3.53. The number of hydrogen-bond donors (Lipinski definition) is 1. The van der Waals surface area contributed by atoms with Gasteiger partial charge in [0.25, 0.3) is 5.88 Å². The Kier molecular flexibility index (Phi) is 4.15. The first-order valence-corrected chi connectivity index (χ1v) is 7.16. The van der Waals surface area contributed by atoms with Crippen LogP contribution < -0.4 is 10.1 Å². The molecule has 3 heterocycles. The molecule has 0 bridgehead atoms. The molecule has 3 aromatic heterocycles. The highest BCUT2D eigenvalue weighted by molar-refractivity contribution is 7.13. The molecule has 0 radical (unpaired) electrons. The first-order chi connectivity index (χ1) is 10.8. The Hall–Kier alpha value is -2.68. The normalized spacial score (nSPS) is 10.5. The molecule has 9 heteroatoms. The summed E-state index contributed by atoms with van der Waals surface area (Å²) in [6, 6.07) is 1.75. The minimum atomic E-state index is -0.606. The van der Waals surface area contributed by atoms with Crippen molar-refractivity contribution in [1.82, 2.24) is 24.9 Å². The topological polar surface area (TPSA) is 85.7 Å². The molecule has 3 aromatic rings. The highest BCUT2D eigenvalue weighted by Crippen LogP contribution is 2.20. The predicted octanol–water partition coefficient (Wildman–Crippen LogP) is 2.15. The summed E-state index contributed by atoms with van der Waals surface area (Å²) >= 11 is 1.45. The monoisotopic (exact) mass is 318 g/mol. The standard InChI is InChI=1S/C13H11FN6OS/c1-21-11-9(14)6-18-13(20-11)17-5-8-7-22-12(19-8)10-15-3-2-4-16-10/h2-4,6-7H,5H2,1H3,(H,17,18,20). The number of rotatable bonds is 5. The van der Waals surface area contributed by atoms with Crippen molar-refractivity contribution in [2.24, 2.45) is 0 Å². The molecule has 0 aliphatic carbocycles. The first kappa shape index (κ1) is 14.3. The summed E-state index contributed by atoms with van der Waals surface area (Å²) in [7, 11) is 1.35. The van der Waals surface area contributed by atoms with Gasteiger partial charge in [-0.15, -0.1) is 11.3 Å². The Morgan fingerprint density at radius 1 is 1.23 bits per heavy atom. The van der Waals surface area contributed by atoms with Crippen LogP contribution in [0.2, 0.25) is 0 Å². The minimum Gasteiger partial charge on any atom is -0.479 e. The van der Waals surface area contributed by atoms with Crippen molar-refractivity contribution >= 4 is 17.3 Å². The van der Waals surface area contributed by atoms with Crippen LogP contribution in [0.15, 0.2) is 30.0 Å². The third kappa shape index (κ3) is 3.14. The van der Waals surface area contributed by atoms with Gasteiger partial charge in [0, 0.05) is 17.8 Å². The van der Waals surface area contributed by atoms with Gasteiger partial charge in [0.1, 0.15) is 0 Å². The lowest BCUT2D eigenvalue weighted by Gasteiger charge is -2.05. The SMILES string of the molecule is COc1nc(NCc2csc(-c3ncccn3)n2)ncc1F. The fourth-order valence-electron chi connectivity index (χ4n) is 1.65. The molecular formula is C13H11FN6OS. The quantitative estimate of drug-likeness (QED) is 0.771. The van der Waals surface area contributed by atoms with E-state index in [1.54, 1.807) is 18.5 Å². The maximum absolute atomic E-state index is 13.2. The molecule has 0 atom stereocenters. The largest absolute Gasteiger partial charge is 0.479 e. The molecule has 7 nitrogen and oxygen atoms in total. The van der Waals surface area contributed by atoms with Crippen molar-refractivity contribution in [3.63, 3.8) is 0 Å². The van der Waals surface area contributed by atoms with Crippen molar-refractivity contribution < 1.29 is 9.13 Å². The second kappa shape index (κ2) is 6.39. The molecule has 22 heavy (non-hydrogen) atoms. The van der Waals surface area contributed by atoms with Gasteiger partial charge in [0.15, 0.2) is 10.8 Å². The van der Waals surface area contributed by atoms with Crippen LogP contribution in [0.1, 0.15) is 5.69 Å². The third-order valence-electron chi connectivity index (χ3n) is 2.64. The van der Waals surface area contributed by atoms with E-state index in [1.165, 1.54) is 18.4 Å². The van der Waals surface area contributed by atoms with E-state index >= 15 is 0 Å². The summed E-state index contributed by atoms with van der Waals surface area (Å²) in [5.74, 6) is 0.140. The maximum Gasteiger partial charge on any atom is 0.255 e. The van der Waals surface area contributed by atoms with Crippen LogP contribution in [-0.2, 0) is 6.54 Å². The number of aromatic nitrogens is 5. The Morgan fingerprint density at radius 3 is 2.82 bits per heavy atom. The fourth-order valence-corrected chi connectivity index (χ4v) is 2.41. The van der Waals surface area contributed by atoms with Crippen molar-refractivity contribution in [3.8, 4) is 16.7 Å². The molecule has 3 rings (SSSR count). The van der Waals surface area contributed by atoms with E-state index in [9.17, 15) is 4.39 Å². The first-order valence-electron chi connectivity index (χ1n) is 6.28. The summed E-state index contributed by atoms with van der Waals surface area (Å²) in [4.78, 5) is 20.5. The maximum atomic E-state index is 13.2. The summed E-state index contributed by atoms with van der Waals surface area (Å²) in [5.41, 5.74) is 0.791. The number of anilines is 1. The van der Waals surface area contributed by atoms with Crippen molar-refractivity contribution in [2.45, 2.75) is 6.54 Å². The summed E-state index contributed by atoms with van der Waals surface area (Å²) in [6.45, 7) is 0.401. The highest BCUT2D eigenvalue weighted by atomic mass is 32.1. The smallest absolute Gasteiger partial charge is 0.255 e. The molecule has 1 N–H and O–H groups in total. The molecule has 0 aromatic carbocycles. The Bertz CT molecular complexity index is 766. The zero-order valence-electron chi connectivity index (χ0n) is 11.5. The molecule has 0 saturated carbocycles. The zero-order chi connectivity index (χ0) is 15.4. The lowest BCUT2D eigenvalue weighted by Crippen LogP contribution is -2.05. The number of ether oxygens (including phenoxy) is 1. The summed E-state index contributed by atoms with van der Waals surface area (Å²) in [6.07, 6.45) is 4.39. The van der Waals surface area contributed by atoms with Crippen LogP contribution in [0, 0.1) is 5.82 Å². The van der Waals surface area contributed by atoms with Crippen molar-refractivity contribution in [3.05, 3.63) is 41.5 Å². The van der Waals surface area contributed by atoms with E-state index in [0.29, 0.717) is 12.4 Å². The average Bonchev–Trinajstić information content (AvgIpc) is 3.04. The number of halogens is 1. The van der Waals surface area contributed by atoms with E-state index in [2.05, 4.69) is 30.2 Å². The lowest BCUT2D eigenvalue weighted by atomic mass is 10.5. The second-order valence-corrected chi connectivity index (χ2v) is 4.98. The number of nitrogens with one attached hydrogen (secondary N) is 1. The molecular weight excluding hydrogens is 307 g/mol. The van der Waals surface area contributed by atoms with Gasteiger partial charge in [-0.2, -0.15) is 9.37 Å². The van der Waals surface area contributed by atoms with Crippen LogP contribution in [0.25, 0.3) is 10.8 Å². The van der Waals surface area contributed by atoms with Crippen LogP contribution in [0.3, 0.4) is 0 Å². The molecule has 0 aliphatic heterocycles. The number of hydrogen-bond acceptors (Lipinski definition) is 8. The van der Waals surface area contributed by atoms with Crippen molar-refractivity contribution in [2.75, 3.05) is 12.4 Å². The number of thiazole rings is 1. The van der Waals surface area contributed by atoms with Crippen molar-refractivity contribution in [1.29, 1.82) is 0 Å². The number of nitrogens with zero attached hydrogens (tertiary/aromatic N) is 5. The summed E-state index contributed by atoms with van der Waals surface area (Å²) in [5, 5.41) is 5.58. The van der Waals surface area contributed by atoms with Gasteiger partial charge < -0.3 is 10.1 Å². The van der Waals surface area contributed by atoms with E-state index in [1.807, 2.05) is 5.38 Å². The Labute approximate surface area is 129 Å². The van der Waals surface area contributed by atoms with E-state index in [-0.39, 0.29) is 11.8 Å². The van der Waals surface area contributed by atoms with Gasteiger partial charge in [-0.1, -0.05) is 0 Å². The zero-order valence-corrected chi connectivity index (χ0v) is 12.3. The Morgan fingerprint density at radius 2 is 2.05 bits per heavy atom. The van der Waals surface area contributed by atoms with Crippen LogP contribution in [-0.4, -0.2) is 32.0 Å². The predicted molar refractivity (Wildman–Crippen MR) is 79.0 cm³/mol. The van der Waals surface area contributed by atoms with Crippen LogP contribution >= 0.6 is 11.3 Å². The fraction of sp³-hybridized carbons (Fsp3) is 0.154. The van der Waals surface area contributed by atoms with Gasteiger partial charge >= 0.3 is 0 Å². The van der Waals surface area contributed by atoms with Gasteiger partial charge in [0.05, 0.1) is 25.5 Å². The van der Waals surface area contributed by atoms with E-state index in [0.717, 1.165) is 16.9 Å². The molecule has 0 unspecified atom stereocenters. The second-order valence-electron chi connectivity index (χ2n) is 4.12. The molecule has 0 saturated heterocycles. The van der Waals surface area contributed by atoms with Gasteiger partial charge in [-0.05, 0) is 6.07 Å². The van der Waals surface area contributed by atoms with E-state index in [4.69, 9.17) is 4.74 Å². The minimum absolute atomic E-state index is 0.103. The summed E-state index contributed by atoms with van der Waals surface area (Å²) < 4.78 is 18.0. The molecule has 112 valence electrons. The van der Waals surface area contributed by atoms with E-state index < -0.39 is 5.82 Å². The number of methoxy groups -OCH3 is 1. The molecule has 0 amide bonds. The van der Waals surface area contributed by atoms with Gasteiger partial charge in [-0.3, -0.25) is 0 Å². The molecule has 0 spiro atoms. The highest BCUT2D eigenvalue weighted by Gasteiger charge is 2.09.